The van der Waals surface area contributed by atoms with E-state index in [1.165, 1.54) is 0 Å². The van der Waals surface area contributed by atoms with Gasteiger partial charge in [-0.15, -0.1) is 0 Å². The lowest BCUT2D eigenvalue weighted by atomic mass is 9.93. The van der Waals surface area contributed by atoms with Crippen LogP contribution in [0.15, 0.2) is 42.7 Å². The molecular weight excluding hydrogens is 264 g/mol. The molecule has 1 aromatic carbocycles. The average molecular weight is 286 g/mol. The van der Waals surface area contributed by atoms with Gasteiger partial charge in [-0.3, -0.25) is 0 Å². The number of rotatable bonds is 6. The van der Waals surface area contributed by atoms with Crippen LogP contribution in [0.5, 0.6) is 0 Å². The van der Waals surface area contributed by atoms with Crippen molar-refractivity contribution in [2.75, 3.05) is 30.9 Å². The zero-order valence-corrected chi connectivity index (χ0v) is 12.7. The van der Waals surface area contributed by atoms with Crippen molar-refractivity contribution in [3.63, 3.8) is 0 Å². The molecule has 0 aliphatic rings. The summed E-state index contributed by atoms with van der Waals surface area (Å²) >= 11 is 0. The van der Waals surface area contributed by atoms with E-state index in [2.05, 4.69) is 15.3 Å². The van der Waals surface area contributed by atoms with Crippen molar-refractivity contribution in [2.45, 2.75) is 18.9 Å². The Kier molecular flexibility index (Phi) is 4.75. The van der Waals surface area contributed by atoms with Crippen LogP contribution < -0.4 is 10.2 Å². The average Bonchev–Trinajstić information content (AvgIpc) is 2.48. The first-order valence-electron chi connectivity index (χ1n) is 7.01. The van der Waals surface area contributed by atoms with Gasteiger partial charge in [0, 0.05) is 33.0 Å². The minimum atomic E-state index is -0.866. The van der Waals surface area contributed by atoms with Crippen molar-refractivity contribution < 1.29 is 5.11 Å². The SMILES string of the molecule is CN(C)c1nccnc1NCCC(C)(O)c1ccccc1. The van der Waals surface area contributed by atoms with Crippen LogP contribution in [0.4, 0.5) is 11.6 Å². The Labute approximate surface area is 125 Å². The first-order valence-corrected chi connectivity index (χ1v) is 7.01. The molecule has 0 saturated heterocycles. The van der Waals surface area contributed by atoms with E-state index >= 15 is 0 Å². The topological polar surface area (TPSA) is 61.3 Å². The molecule has 0 radical (unpaired) electrons. The van der Waals surface area contributed by atoms with E-state index in [1.807, 2.05) is 56.3 Å². The number of nitrogens with zero attached hydrogens (tertiary/aromatic N) is 3. The van der Waals surface area contributed by atoms with Gasteiger partial charge >= 0.3 is 0 Å². The molecule has 2 N–H and O–H groups in total. The fraction of sp³-hybridized carbons (Fsp3) is 0.375. The summed E-state index contributed by atoms with van der Waals surface area (Å²) in [5, 5.41) is 13.8. The molecule has 1 atom stereocenters. The molecule has 21 heavy (non-hydrogen) atoms. The van der Waals surface area contributed by atoms with Crippen molar-refractivity contribution in [2.24, 2.45) is 0 Å². The second-order valence-corrected chi connectivity index (χ2v) is 5.44. The number of anilines is 2. The normalized spacial score (nSPS) is 13.5. The van der Waals surface area contributed by atoms with Gasteiger partial charge in [0.1, 0.15) is 0 Å². The maximum atomic E-state index is 10.6. The zero-order chi connectivity index (χ0) is 15.3. The van der Waals surface area contributed by atoms with Gasteiger partial charge in [-0.25, -0.2) is 9.97 Å². The minimum absolute atomic E-state index is 0.584. The van der Waals surface area contributed by atoms with Gasteiger partial charge in [0.05, 0.1) is 5.60 Å². The number of aromatic nitrogens is 2. The molecule has 0 bridgehead atoms. The summed E-state index contributed by atoms with van der Waals surface area (Å²) in [6.07, 6.45) is 3.91. The standard InChI is InChI=1S/C16H22N4O/c1-16(21,13-7-5-4-6-8-13)9-10-17-14-15(20(2)3)19-12-11-18-14/h4-8,11-12,21H,9-10H2,1-3H3,(H,17,18). The van der Waals surface area contributed by atoms with Crippen LogP contribution in [-0.2, 0) is 5.60 Å². The number of hydrogen-bond acceptors (Lipinski definition) is 5. The molecule has 0 spiro atoms. The van der Waals surface area contributed by atoms with Gasteiger partial charge in [-0.2, -0.15) is 0 Å². The Morgan fingerprint density at radius 1 is 1.14 bits per heavy atom. The first-order chi connectivity index (χ1) is 10.0. The third-order valence-electron chi connectivity index (χ3n) is 3.40. The summed E-state index contributed by atoms with van der Waals surface area (Å²) in [5.41, 5.74) is 0.0492. The predicted molar refractivity (Wildman–Crippen MR) is 85.5 cm³/mol. The molecule has 0 amide bonds. The molecule has 0 fully saturated rings. The van der Waals surface area contributed by atoms with Crippen LogP contribution in [0, 0.1) is 0 Å². The van der Waals surface area contributed by atoms with Crippen molar-refractivity contribution in [3.05, 3.63) is 48.3 Å². The number of benzene rings is 1. The molecule has 0 saturated carbocycles. The number of aliphatic hydroxyl groups is 1. The fourth-order valence-electron chi connectivity index (χ4n) is 2.15. The molecular formula is C16H22N4O. The lowest BCUT2D eigenvalue weighted by molar-refractivity contribution is 0.0515. The van der Waals surface area contributed by atoms with Crippen molar-refractivity contribution in [1.29, 1.82) is 0 Å². The second-order valence-electron chi connectivity index (χ2n) is 5.44. The number of nitrogens with one attached hydrogen (secondary N) is 1. The molecule has 0 aliphatic heterocycles. The van der Waals surface area contributed by atoms with Gasteiger partial charge in [0.2, 0.25) is 0 Å². The third-order valence-corrected chi connectivity index (χ3v) is 3.40. The molecule has 1 unspecified atom stereocenters. The van der Waals surface area contributed by atoms with Gasteiger partial charge in [-0.05, 0) is 18.9 Å². The Bertz CT molecular complexity index is 569. The summed E-state index contributed by atoms with van der Waals surface area (Å²) in [7, 11) is 3.85. The van der Waals surface area contributed by atoms with Crippen LogP contribution in [-0.4, -0.2) is 35.7 Å². The number of hydrogen-bond donors (Lipinski definition) is 2. The van der Waals surface area contributed by atoms with Crippen LogP contribution in [0.3, 0.4) is 0 Å². The fourth-order valence-corrected chi connectivity index (χ4v) is 2.15. The van der Waals surface area contributed by atoms with Crippen molar-refractivity contribution in [3.8, 4) is 0 Å². The predicted octanol–water partition coefficient (Wildman–Crippen LogP) is 2.25. The van der Waals surface area contributed by atoms with E-state index < -0.39 is 5.60 Å². The first kappa shape index (κ1) is 15.3. The van der Waals surface area contributed by atoms with Crippen LogP contribution in [0.2, 0.25) is 0 Å². The highest BCUT2D eigenvalue weighted by molar-refractivity contribution is 5.59. The van der Waals surface area contributed by atoms with Gasteiger partial charge in [0.25, 0.3) is 0 Å². The molecule has 0 aliphatic carbocycles. The second kappa shape index (κ2) is 6.54. The molecule has 2 aromatic rings. The van der Waals surface area contributed by atoms with E-state index in [4.69, 9.17) is 0 Å². The lowest BCUT2D eigenvalue weighted by Gasteiger charge is -2.24. The van der Waals surface area contributed by atoms with Crippen molar-refractivity contribution >= 4 is 11.6 Å². The van der Waals surface area contributed by atoms with Gasteiger partial charge < -0.3 is 15.3 Å². The van der Waals surface area contributed by atoms with Gasteiger partial charge in [0.15, 0.2) is 11.6 Å². The summed E-state index contributed by atoms with van der Waals surface area (Å²) in [6, 6.07) is 9.69. The summed E-state index contributed by atoms with van der Waals surface area (Å²) in [5.74, 6) is 1.52. The molecule has 1 heterocycles. The quantitative estimate of drug-likeness (QED) is 0.853. The third kappa shape index (κ3) is 3.92. The van der Waals surface area contributed by atoms with E-state index in [9.17, 15) is 5.11 Å². The van der Waals surface area contributed by atoms with E-state index in [1.54, 1.807) is 12.4 Å². The molecule has 5 heteroatoms. The highest BCUT2D eigenvalue weighted by Gasteiger charge is 2.22. The monoisotopic (exact) mass is 286 g/mol. The maximum Gasteiger partial charge on any atom is 0.171 e. The van der Waals surface area contributed by atoms with Crippen LogP contribution in [0.1, 0.15) is 18.9 Å². The molecule has 1 aromatic heterocycles. The van der Waals surface area contributed by atoms with E-state index in [-0.39, 0.29) is 0 Å². The zero-order valence-electron chi connectivity index (χ0n) is 12.7. The van der Waals surface area contributed by atoms with E-state index in [0.29, 0.717) is 13.0 Å². The highest BCUT2D eigenvalue weighted by Crippen LogP contribution is 2.24. The smallest absolute Gasteiger partial charge is 0.171 e. The van der Waals surface area contributed by atoms with E-state index in [0.717, 1.165) is 17.2 Å². The van der Waals surface area contributed by atoms with Gasteiger partial charge in [-0.1, -0.05) is 30.3 Å². The van der Waals surface area contributed by atoms with Crippen LogP contribution >= 0.6 is 0 Å². The summed E-state index contributed by atoms with van der Waals surface area (Å²) in [4.78, 5) is 10.5. The maximum absolute atomic E-state index is 10.6. The molecule has 2 rings (SSSR count). The summed E-state index contributed by atoms with van der Waals surface area (Å²) in [6.45, 7) is 2.44. The highest BCUT2D eigenvalue weighted by atomic mass is 16.3. The Hall–Kier alpha value is -2.14. The summed E-state index contributed by atoms with van der Waals surface area (Å²) < 4.78 is 0. The lowest BCUT2D eigenvalue weighted by Crippen LogP contribution is -2.25. The molecule has 5 nitrogen and oxygen atoms in total. The Balaban J connectivity index is 1.99. The molecule has 112 valence electrons. The Morgan fingerprint density at radius 2 is 1.81 bits per heavy atom. The Morgan fingerprint density at radius 3 is 2.48 bits per heavy atom. The van der Waals surface area contributed by atoms with Crippen molar-refractivity contribution in [1.82, 2.24) is 9.97 Å². The largest absolute Gasteiger partial charge is 0.385 e. The minimum Gasteiger partial charge on any atom is -0.385 e. The van der Waals surface area contributed by atoms with Crippen LogP contribution in [0.25, 0.3) is 0 Å².